The van der Waals surface area contributed by atoms with E-state index in [4.69, 9.17) is 9.47 Å². The summed E-state index contributed by atoms with van der Waals surface area (Å²) >= 11 is 1.37. The molecule has 2 N–H and O–H groups in total. The highest BCUT2D eigenvalue weighted by atomic mass is 32.1. The number of para-hydroxylation sites is 1. The average molecular weight is 420 g/mol. The van der Waals surface area contributed by atoms with Crippen molar-refractivity contribution < 1.29 is 14.3 Å². The lowest BCUT2D eigenvalue weighted by atomic mass is 10.1. The molecule has 0 aliphatic carbocycles. The monoisotopic (exact) mass is 419 g/mol. The largest absolute Gasteiger partial charge is 0.493 e. The van der Waals surface area contributed by atoms with Gasteiger partial charge in [0.05, 0.1) is 12.8 Å². The lowest BCUT2D eigenvalue weighted by Gasteiger charge is -2.11. The molecular formula is C23H21N3O3S. The van der Waals surface area contributed by atoms with Crippen LogP contribution in [-0.4, -0.2) is 29.6 Å². The maximum atomic E-state index is 12.3. The zero-order chi connectivity index (χ0) is 20.9. The minimum absolute atomic E-state index is 0.140. The molecule has 0 saturated heterocycles. The number of benzene rings is 2. The number of carbonyl (C=O) groups is 1. The molecule has 0 fully saturated rings. The number of fused-ring (bicyclic) bond motifs is 1. The van der Waals surface area contributed by atoms with Crippen LogP contribution < -0.4 is 14.8 Å². The number of ether oxygens (including phenoxy) is 2. The van der Waals surface area contributed by atoms with Crippen LogP contribution >= 0.6 is 11.3 Å². The first-order valence-electron chi connectivity index (χ1n) is 9.40. The number of H-pyrrole nitrogens is 1. The predicted octanol–water partition coefficient (Wildman–Crippen LogP) is 5.05. The summed E-state index contributed by atoms with van der Waals surface area (Å²) in [7, 11) is 1.57. The number of hydrogen-bond donors (Lipinski definition) is 2. The van der Waals surface area contributed by atoms with E-state index in [1.807, 2.05) is 54.1 Å². The number of aromatic nitrogens is 2. The Hall–Kier alpha value is -3.58. The second-order valence-electron chi connectivity index (χ2n) is 6.60. The van der Waals surface area contributed by atoms with E-state index < -0.39 is 0 Å². The maximum Gasteiger partial charge on any atom is 0.264 e. The molecule has 2 aromatic carbocycles. The third kappa shape index (κ3) is 4.21. The van der Waals surface area contributed by atoms with Gasteiger partial charge in [0, 0.05) is 28.0 Å². The molecule has 6 nitrogen and oxygen atoms in total. The fourth-order valence-electron chi connectivity index (χ4n) is 3.16. The normalized spacial score (nSPS) is 10.7. The Labute approximate surface area is 178 Å². The van der Waals surface area contributed by atoms with Gasteiger partial charge >= 0.3 is 0 Å². The minimum atomic E-state index is -0.285. The lowest BCUT2D eigenvalue weighted by Crippen LogP contribution is -2.20. The summed E-state index contributed by atoms with van der Waals surface area (Å²) in [5.41, 5.74) is 3.93. The molecule has 7 heteroatoms. The summed E-state index contributed by atoms with van der Waals surface area (Å²) in [6, 6.07) is 13.6. The van der Waals surface area contributed by atoms with Crippen molar-refractivity contribution in [2.75, 3.05) is 19.0 Å². The van der Waals surface area contributed by atoms with Crippen LogP contribution in [0.3, 0.4) is 0 Å². The predicted molar refractivity (Wildman–Crippen MR) is 120 cm³/mol. The molecule has 0 spiro atoms. The maximum absolute atomic E-state index is 12.3. The summed E-state index contributed by atoms with van der Waals surface area (Å²) in [6.07, 6.45) is 4.48. The molecule has 4 aromatic rings. The van der Waals surface area contributed by atoms with Gasteiger partial charge in [-0.25, -0.2) is 4.98 Å². The van der Waals surface area contributed by atoms with Crippen molar-refractivity contribution in [3.8, 4) is 22.8 Å². The van der Waals surface area contributed by atoms with Gasteiger partial charge < -0.3 is 14.5 Å². The first-order chi connectivity index (χ1) is 14.7. The molecule has 2 aromatic heterocycles. The Kier molecular flexibility index (Phi) is 5.81. The first-order valence-corrected chi connectivity index (χ1v) is 10.3. The summed E-state index contributed by atoms with van der Waals surface area (Å²) in [5, 5.41) is 6.33. The van der Waals surface area contributed by atoms with Gasteiger partial charge in [0.25, 0.3) is 5.91 Å². The fraction of sp³-hybridized carbons (Fsp3) is 0.130. The van der Waals surface area contributed by atoms with E-state index in [-0.39, 0.29) is 12.5 Å². The third-order valence-electron chi connectivity index (χ3n) is 4.58. The highest BCUT2D eigenvalue weighted by Crippen LogP contribution is 2.31. The SMILES string of the molecule is C=CCc1ccc(OCC(=O)Nc2nc(-c3c[nH]c4ccccc34)cs2)c(OC)c1. The van der Waals surface area contributed by atoms with Gasteiger partial charge in [-0.05, 0) is 30.2 Å². The summed E-state index contributed by atoms with van der Waals surface area (Å²) in [6.45, 7) is 3.59. The molecule has 0 radical (unpaired) electrons. The van der Waals surface area contributed by atoms with Crippen molar-refractivity contribution in [3.63, 3.8) is 0 Å². The van der Waals surface area contributed by atoms with E-state index >= 15 is 0 Å². The van der Waals surface area contributed by atoms with E-state index in [1.165, 1.54) is 11.3 Å². The van der Waals surface area contributed by atoms with Crippen LogP contribution in [0.5, 0.6) is 11.5 Å². The Morgan fingerprint density at radius 2 is 2.13 bits per heavy atom. The Morgan fingerprint density at radius 1 is 1.27 bits per heavy atom. The number of amides is 1. The van der Waals surface area contributed by atoms with Crippen molar-refractivity contribution >= 4 is 33.3 Å². The second kappa shape index (κ2) is 8.84. The number of rotatable bonds is 8. The van der Waals surface area contributed by atoms with E-state index in [0.29, 0.717) is 16.6 Å². The standard InChI is InChI=1S/C23H21N3O3S/c1-3-6-15-9-10-20(21(11-15)28-2)29-13-22(27)26-23-25-19(14-30-23)17-12-24-18-8-5-4-7-16(17)18/h3-5,7-12,14,24H,1,6,13H2,2H3,(H,25,26,27). The Morgan fingerprint density at radius 3 is 2.97 bits per heavy atom. The van der Waals surface area contributed by atoms with E-state index in [2.05, 4.69) is 21.9 Å². The molecule has 0 aliphatic rings. The third-order valence-corrected chi connectivity index (χ3v) is 5.34. The summed E-state index contributed by atoms with van der Waals surface area (Å²) in [4.78, 5) is 20.1. The molecule has 0 atom stereocenters. The van der Waals surface area contributed by atoms with Crippen LogP contribution in [0.1, 0.15) is 5.56 Å². The number of thiazole rings is 1. The van der Waals surface area contributed by atoms with E-state index in [0.717, 1.165) is 34.1 Å². The average Bonchev–Trinajstić information content (AvgIpc) is 3.39. The van der Waals surface area contributed by atoms with Gasteiger partial charge in [-0.2, -0.15) is 0 Å². The molecular weight excluding hydrogens is 398 g/mol. The summed E-state index contributed by atoms with van der Waals surface area (Å²) < 4.78 is 11.0. The number of carbonyl (C=O) groups excluding carboxylic acids is 1. The van der Waals surface area contributed by atoms with Crippen LogP contribution in [0.15, 0.2) is 66.7 Å². The highest BCUT2D eigenvalue weighted by Gasteiger charge is 2.13. The van der Waals surface area contributed by atoms with Gasteiger partial charge in [-0.1, -0.05) is 30.3 Å². The molecule has 4 rings (SSSR count). The van der Waals surface area contributed by atoms with Crippen LogP contribution in [0, 0.1) is 0 Å². The van der Waals surface area contributed by atoms with E-state index in [1.54, 1.807) is 13.2 Å². The number of methoxy groups -OCH3 is 1. The number of nitrogens with one attached hydrogen (secondary N) is 2. The zero-order valence-corrected chi connectivity index (χ0v) is 17.3. The number of anilines is 1. The number of allylic oxidation sites excluding steroid dienone is 1. The fourth-order valence-corrected chi connectivity index (χ4v) is 3.89. The van der Waals surface area contributed by atoms with Gasteiger partial charge in [0.1, 0.15) is 0 Å². The van der Waals surface area contributed by atoms with Gasteiger partial charge in [-0.15, -0.1) is 17.9 Å². The smallest absolute Gasteiger partial charge is 0.264 e. The zero-order valence-electron chi connectivity index (χ0n) is 16.5. The lowest BCUT2D eigenvalue weighted by molar-refractivity contribution is -0.118. The molecule has 30 heavy (non-hydrogen) atoms. The molecule has 1 amide bonds. The quantitative estimate of drug-likeness (QED) is 0.392. The van der Waals surface area contributed by atoms with Crippen molar-refractivity contribution in [2.45, 2.75) is 6.42 Å². The van der Waals surface area contributed by atoms with Crippen LogP contribution in [0.2, 0.25) is 0 Å². The summed E-state index contributed by atoms with van der Waals surface area (Å²) in [5.74, 6) is 0.809. The number of nitrogens with zero attached hydrogens (tertiary/aromatic N) is 1. The van der Waals surface area contributed by atoms with Gasteiger partial charge in [-0.3, -0.25) is 10.1 Å². The van der Waals surface area contributed by atoms with Crippen molar-refractivity contribution in [1.29, 1.82) is 0 Å². The molecule has 0 unspecified atom stereocenters. The van der Waals surface area contributed by atoms with Crippen molar-refractivity contribution in [3.05, 3.63) is 72.3 Å². The van der Waals surface area contributed by atoms with Crippen molar-refractivity contribution in [1.82, 2.24) is 9.97 Å². The van der Waals surface area contributed by atoms with Crippen LogP contribution in [0.25, 0.3) is 22.2 Å². The van der Waals surface area contributed by atoms with Crippen molar-refractivity contribution in [2.24, 2.45) is 0 Å². The first kappa shape index (κ1) is 19.7. The Bertz CT molecular complexity index is 1200. The van der Waals surface area contributed by atoms with Gasteiger partial charge in [0.15, 0.2) is 23.2 Å². The number of aromatic amines is 1. The molecule has 0 aliphatic heterocycles. The minimum Gasteiger partial charge on any atom is -0.493 e. The topological polar surface area (TPSA) is 76.2 Å². The van der Waals surface area contributed by atoms with Gasteiger partial charge in [0.2, 0.25) is 0 Å². The molecule has 152 valence electrons. The van der Waals surface area contributed by atoms with Crippen LogP contribution in [0.4, 0.5) is 5.13 Å². The molecule has 2 heterocycles. The Balaban J connectivity index is 1.40. The van der Waals surface area contributed by atoms with E-state index in [9.17, 15) is 4.79 Å². The van der Waals surface area contributed by atoms with Crippen LogP contribution in [-0.2, 0) is 11.2 Å². The molecule has 0 saturated carbocycles. The molecule has 0 bridgehead atoms. The number of hydrogen-bond acceptors (Lipinski definition) is 5. The second-order valence-corrected chi connectivity index (χ2v) is 7.46. The highest BCUT2D eigenvalue weighted by molar-refractivity contribution is 7.14.